The zero-order valence-electron chi connectivity index (χ0n) is 5.30. The van der Waals surface area contributed by atoms with Crippen molar-refractivity contribution >= 4 is 12.4 Å². The first-order chi connectivity index (χ1) is 3.79. The van der Waals surface area contributed by atoms with Crippen LogP contribution in [0, 0.1) is 5.92 Å². The van der Waals surface area contributed by atoms with Gasteiger partial charge in [0.1, 0.15) is 0 Å². The standard InChI is InChI=1S/C6H11NO.ClH/c7-6-1-5(2-6)3-8-4-6;/h5H,1-4,7H2;1H. The SMILES string of the molecule is Cl.NC12COCC(C1)C2. The van der Waals surface area contributed by atoms with Gasteiger partial charge in [-0.05, 0) is 18.8 Å². The predicted octanol–water partition coefficient (Wildman–Crippen LogP) is 0.546. The molecule has 1 aliphatic carbocycles. The van der Waals surface area contributed by atoms with E-state index in [4.69, 9.17) is 10.5 Å². The lowest BCUT2D eigenvalue weighted by molar-refractivity contribution is -0.0782. The van der Waals surface area contributed by atoms with Crippen molar-refractivity contribution < 1.29 is 4.74 Å². The molecule has 0 unspecified atom stereocenters. The molecule has 0 radical (unpaired) electrons. The van der Waals surface area contributed by atoms with Crippen LogP contribution in [-0.2, 0) is 4.74 Å². The van der Waals surface area contributed by atoms with Gasteiger partial charge in [-0.2, -0.15) is 0 Å². The molecule has 0 spiro atoms. The van der Waals surface area contributed by atoms with Gasteiger partial charge in [-0.25, -0.2) is 0 Å². The highest BCUT2D eigenvalue weighted by molar-refractivity contribution is 5.85. The fourth-order valence-electron chi connectivity index (χ4n) is 1.75. The van der Waals surface area contributed by atoms with Gasteiger partial charge >= 0.3 is 0 Å². The lowest BCUT2D eigenvalue weighted by Crippen LogP contribution is -2.60. The lowest BCUT2D eigenvalue weighted by Gasteiger charge is -2.49. The normalized spacial score (nSPS) is 47.0. The number of fused-ring (bicyclic) bond motifs is 2. The van der Waals surface area contributed by atoms with E-state index in [9.17, 15) is 0 Å². The van der Waals surface area contributed by atoms with Crippen molar-refractivity contribution in [3.05, 3.63) is 0 Å². The highest BCUT2D eigenvalue weighted by Crippen LogP contribution is 2.39. The van der Waals surface area contributed by atoms with E-state index in [-0.39, 0.29) is 17.9 Å². The molecule has 0 aromatic heterocycles. The average Bonchev–Trinajstić information content (AvgIpc) is 1.63. The number of hydrogen-bond donors (Lipinski definition) is 1. The number of hydrogen-bond acceptors (Lipinski definition) is 2. The van der Waals surface area contributed by atoms with E-state index in [1.807, 2.05) is 0 Å². The first-order valence-corrected chi connectivity index (χ1v) is 3.15. The maximum absolute atomic E-state index is 5.82. The molecule has 9 heavy (non-hydrogen) atoms. The molecular weight excluding hydrogens is 138 g/mol. The Hall–Kier alpha value is 0.210. The summed E-state index contributed by atoms with van der Waals surface area (Å²) in [6.45, 7) is 1.75. The van der Waals surface area contributed by atoms with E-state index in [0.29, 0.717) is 0 Å². The van der Waals surface area contributed by atoms with E-state index in [1.54, 1.807) is 0 Å². The fraction of sp³-hybridized carbons (Fsp3) is 1.00. The van der Waals surface area contributed by atoms with Crippen molar-refractivity contribution in [2.24, 2.45) is 11.7 Å². The molecule has 2 N–H and O–H groups in total. The summed E-state index contributed by atoms with van der Waals surface area (Å²) < 4.78 is 5.21. The Morgan fingerprint density at radius 1 is 1.44 bits per heavy atom. The van der Waals surface area contributed by atoms with Crippen LogP contribution in [0.15, 0.2) is 0 Å². The molecule has 3 heteroatoms. The van der Waals surface area contributed by atoms with Crippen molar-refractivity contribution in [2.45, 2.75) is 18.4 Å². The second kappa shape index (κ2) is 2.11. The molecule has 0 aromatic rings. The Kier molecular flexibility index (Phi) is 1.72. The summed E-state index contributed by atoms with van der Waals surface area (Å²) in [7, 11) is 0. The average molecular weight is 150 g/mol. The maximum atomic E-state index is 5.82. The van der Waals surface area contributed by atoms with Crippen molar-refractivity contribution in [3.8, 4) is 0 Å². The van der Waals surface area contributed by atoms with Crippen LogP contribution in [0.3, 0.4) is 0 Å². The maximum Gasteiger partial charge on any atom is 0.0646 e. The molecule has 0 amide bonds. The fourth-order valence-corrected chi connectivity index (χ4v) is 1.75. The summed E-state index contributed by atoms with van der Waals surface area (Å²) in [5.74, 6) is 0.800. The van der Waals surface area contributed by atoms with E-state index in [2.05, 4.69) is 0 Å². The van der Waals surface area contributed by atoms with E-state index >= 15 is 0 Å². The molecule has 2 saturated heterocycles. The molecule has 3 aliphatic rings. The number of rotatable bonds is 0. The minimum atomic E-state index is 0. The second-order valence-electron chi connectivity index (χ2n) is 3.15. The molecule has 3 fully saturated rings. The Morgan fingerprint density at radius 2 is 2.11 bits per heavy atom. The molecule has 2 heterocycles. The molecule has 0 atom stereocenters. The summed E-state index contributed by atoms with van der Waals surface area (Å²) in [5.41, 5.74) is 5.92. The van der Waals surface area contributed by atoms with Crippen LogP contribution in [0.4, 0.5) is 0 Å². The lowest BCUT2D eigenvalue weighted by atomic mass is 9.68. The Labute approximate surface area is 61.2 Å². The van der Waals surface area contributed by atoms with Gasteiger partial charge in [0.15, 0.2) is 0 Å². The zero-order chi connectivity index (χ0) is 5.61. The minimum absolute atomic E-state index is 0. The second-order valence-corrected chi connectivity index (χ2v) is 3.15. The van der Waals surface area contributed by atoms with Crippen LogP contribution < -0.4 is 5.73 Å². The Balaban J connectivity index is 0.000000405. The van der Waals surface area contributed by atoms with Crippen LogP contribution in [0.2, 0.25) is 0 Å². The van der Waals surface area contributed by atoms with Crippen molar-refractivity contribution in [1.29, 1.82) is 0 Å². The predicted molar refractivity (Wildman–Crippen MR) is 37.7 cm³/mol. The summed E-state index contributed by atoms with van der Waals surface area (Å²) in [6, 6.07) is 0. The van der Waals surface area contributed by atoms with Crippen LogP contribution in [0.5, 0.6) is 0 Å². The third-order valence-corrected chi connectivity index (χ3v) is 2.13. The number of nitrogens with two attached hydrogens (primary N) is 1. The van der Waals surface area contributed by atoms with Crippen molar-refractivity contribution in [3.63, 3.8) is 0 Å². The summed E-state index contributed by atoms with van der Waals surface area (Å²) >= 11 is 0. The van der Waals surface area contributed by atoms with Gasteiger partial charge < -0.3 is 10.5 Å². The van der Waals surface area contributed by atoms with Gasteiger partial charge in [-0.15, -0.1) is 12.4 Å². The van der Waals surface area contributed by atoms with E-state index in [1.165, 1.54) is 12.8 Å². The minimum Gasteiger partial charge on any atom is -0.379 e. The third-order valence-electron chi connectivity index (χ3n) is 2.13. The molecule has 2 bridgehead atoms. The summed E-state index contributed by atoms with van der Waals surface area (Å²) in [6.07, 6.45) is 2.40. The van der Waals surface area contributed by atoms with Gasteiger partial charge in [0.2, 0.25) is 0 Å². The van der Waals surface area contributed by atoms with E-state index < -0.39 is 0 Å². The van der Waals surface area contributed by atoms with Crippen LogP contribution in [0.1, 0.15) is 12.8 Å². The van der Waals surface area contributed by atoms with Crippen LogP contribution >= 0.6 is 12.4 Å². The first kappa shape index (κ1) is 7.32. The first-order valence-electron chi connectivity index (χ1n) is 3.15. The Bertz CT molecular complexity index is 106. The molecule has 1 saturated carbocycles. The molecule has 2 nitrogen and oxygen atoms in total. The molecule has 54 valence electrons. The monoisotopic (exact) mass is 149 g/mol. The van der Waals surface area contributed by atoms with E-state index in [0.717, 1.165) is 19.1 Å². The highest BCUT2D eigenvalue weighted by atomic mass is 35.5. The zero-order valence-corrected chi connectivity index (χ0v) is 6.12. The van der Waals surface area contributed by atoms with Gasteiger partial charge in [-0.1, -0.05) is 0 Å². The summed E-state index contributed by atoms with van der Waals surface area (Å²) in [4.78, 5) is 0. The topological polar surface area (TPSA) is 35.2 Å². The highest BCUT2D eigenvalue weighted by Gasteiger charge is 2.44. The molecular formula is C6H12ClNO. The molecule has 3 rings (SSSR count). The van der Waals surface area contributed by atoms with Crippen molar-refractivity contribution in [2.75, 3.05) is 13.2 Å². The van der Waals surface area contributed by atoms with Crippen LogP contribution in [0.25, 0.3) is 0 Å². The summed E-state index contributed by atoms with van der Waals surface area (Å²) in [5, 5.41) is 0. The Morgan fingerprint density at radius 3 is 2.33 bits per heavy atom. The van der Waals surface area contributed by atoms with Gasteiger partial charge in [0.05, 0.1) is 6.61 Å². The van der Waals surface area contributed by atoms with Crippen molar-refractivity contribution in [1.82, 2.24) is 0 Å². The number of ether oxygens (including phenoxy) is 1. The molecule has 0 aromatic carbocycles. The van der Waals surface area contributed by atoms with Gasteiger partial charge in [-0.3, -0.25) is 0 Å². The number of halogens is 1. The molecule has 2 aliphatic heterocycles. The smallest absolute Gasteiger partial charge is 0.0646 e. The largest absolute Gasteiger partial charge is 0.379 e. The van der Waals surface area contributed by atoms with Crippen LogP contribution in [-0.4, -0.2) is 18.8 Å². The third kappa shape index (κ3) is 1.07. The quantitative estimate of drug-likeness (QED) is 0.546. The van der Waals surface area contributed by atoms with Gasteiger partial charge in [0, 0.05) is 12.1 Å². The van der Waals surface area contributed by atoms with Gasteiger partial charge in [0.25, 0.3) is 0 Å².